The van der Waals surface area contributed by atoms with Crippen LogP contribution in [-0.2, 0) is 10.0 Å². The van der Waals surface area contributed by atoms with Gasteiger partial charge in [-0.25, -0.2) is 12.7 Å². The molecular formula is C12H19NO3S2. The van der Waals surface area contributed by atoms with Crippen LogP contribution in [0.5, 0.6) is 0 Å². The van der Waals surface area contributed by atoms with Gasteiger partial charge in [-0.05, 0) is 19.1 Å². The van der Waals surface area contributed by atoms with Gasteiger partial charge in [-0.2, -0.15) is 0 Å². The quantitative estimate of drug-likeness (QED) is 0.840. The van der Waals surface area contributed by atoms with Crippen molar-refractivity contribution in [3.8, 4) is 0 Å². The molecule has 0 aliphatic carbocycles. The molecule has 0 spiro atoms. The molecule has 0 heterocycles. The zero-order chi connectivity index (χ0) is 13.9. The normalized spacial score (nSPS) is 15.7. The molecule has 1 aromatic rings. The summed E-state index contributed by atoms with van der Waals surface area (Å²) < 4.78 is 25.5. The van der Waals surface area contributed by atoms with E-state index in [9.17, 15) is 13.5 Å². The third-order valence-corrected chi connectivity index (χ3v) is 5.98. The van der Waals surface area contributed by atoms with E-state index < -0.39 is 16.1 Å². The number of benzene rings is 1. The molecule has 18 heavy (non-hydrogen) atoms. The maximum atomic E-state index is 12.2. The van der Waals surface area contributed by atoms with E-state index in [1.165, 1.54) is 30.2 Å². The highest BCUT2D eigenvalue weighted by molar-refractivity contribution is 8.00. The van der Waals surface area contributed by atoms with E-state index in [4.69, 9.17) is 0 Å². The molecule has 0 bridgehead atoms. The Morgan fingerprint density at radius 2 is 1.78 bits per heavy atom. The van der Waals surface area contributed by atoms with Gasteiger partial charge in [0.25, 0.3) is 0 Å². The van der Waals surface area contributed by atoms with Crippen molar-refractivity contribution in [2.75, 3.05) is 14.1 Å². The lowest BCUT2D eigenvalue weighted by molar-refractivity contribution is 0.196. The van der Waals surface area contributed by atoms with Crippen molar-refractivity contribution in [2.45, 2.75) is 35.0 Å². The van der Waals surface area contributed by atoms with Crippen LogP contribution in [0.2, 0.25) is 0 Å². The third-order valence-electron chi connectivity index (χ3n) is 2.60. The number of nitrogens with zero attached hydrogens (tertiary/aromatic N) is 1. The highest BCUT2D eigenvalue weighted by Crippen LogP contribution is 2.31. The Morgan fingerprint density at radius 1 is 1.22 bits per heavy atom. The SMILES string of the molecule is CC(O)C(C)Sc1ccccc1S(=O)(=O)N(C)C. The predicted octanol–water partition coefficient (Wildman–Crippen LogP) is 1.80. The maximum Gasteiger partial charge on any atom is 0.243 e. The third kappa shape index (κ3) is 3.47. The summed E-state index contributed by atoms with van der Waals surface area (Å²) in [5, 5.41) is 9.44. The number of hydrogen-bond acceptors (Lipinski definition) is 4. The summed E-state index contributed by atoms with van der Waals surface area (Å²) in [5.74, 6) is 0. The Kier molecular flexibility index (Phi) is 5.21. The van der Waals surface area contributed by atoms with E-state index in [0.717, 1.165) is 0 Å². The molecule has 102 valence electrons. The van der Waals surface area contributed by atoms with Crippen LogP contribution in [0.15, 0.2) is 34.1 Å². The largest absolute Gasteiger partial charge is 0.392 e. The second-order valence-electron chi connectivity index (χ2n) is 4.30. The summed E-state index contributed by atoms with van der Waals surface area (Å²) in [4.78, 5) is 0.951. The molecule has 2 unspecified atom stereocenters. The average molecular weight is 289 g/mol. The second kappa shape index (κ2) is 6.06. The highest BCUT2D eigenvalue weighted by Gasteiger charge is 2.22. The van der Waals surface area contributed by atoms with E-state index in [2.05, 4.69) is 0 Å². The van der Waals surface area contributed by atoms with Crippen molar-refractivity contribution in [3.63, 3.8) is 0 Å². The van der Waals surface area contributed by atoms with Gasteiger partial charge in [-0.15, -0.1) is 11.8 Å². The molecule has 4 nitrogen and oxygen atoms in total. The van der Waals surface area contributed by atoms with E-state index in [1.54, 1.807) is 31.2 Å². The summed E-state index contributed by atoms with van der Waals surface area (Å²) in [6.07, 6.45) is -0.495. The van der Waals surface area contributed by atoms with Gasteiger partial charge in [-0.1, -0.05) is 19.1 Å². The summed E-state index contributed by atoms with van der Waals surface area (Å²) >= 11 is 1.37. The van der Waals surface area contributed by atoms with Gasteiger partial charge >= 0.3 is 0 Å². The lowest BCUT2D eigenvalue weighted by Crippen LogP contribution is -2.23. The van der Waals surface area contributed by atoms with E-state index in [0.29, 0.717) is 4.90 Å². The minimum absolute atomic E-state index is 0.0662. The van der Waals surface area contributed by atoms with Crippen LogP contribution in [0.25, 0.3) is 0 Å². The van der Waals surface area contributed by atoms with Crippen molar-refractivity contribution in [1.82, 2.24) is 4.31 Å². The lowest BCUT2D eigenvalue weighted by atomic mass is 10.3. The van der Waals surface area contributed by atoms with Gasteiger partial charge in [0, 0.05) is 24.2 Å². The van der Waals surface area contributed by atoms with Crippen LogP contribution in [0.4, 0.5) is 0 Å². The second-order valence-corrected chi connectivity index (χ2v) is 7.84. The molecule has 0 radical (unpaired) electrons. The molecule has 1 N–H and O–H groups in total. The van der Waals surface area contributed by atoms with Crippen molar-refractivity contribution in [1.29, 1.82) is 0 Å². The van der Waals surface area contributed by atoms with Crippen LogP contribution < -0.4 is 0 Å². The molecule has 1 rings (SSSR count). The molecular weight excluding hydrogens is 270 g/mol. The minimum Gasteiger partial charge on any atom is -0.392 e. The number of sulfonamides is 1. The van der Waals surface area contributed by atoms with Crippen LogP contribution in [0, 0.1) is 0 Å². The molecule has 0 aromatic heterocycles. The molecule has 0 fully saturated rings. The first-order valence-electron chi connectivity index (χ1n) is 5.63. The topological polar surface area (TPSA) is 57.6 Å². The van der Waals surface area contributed by atoms with Crippen LogP contribution in [0.3, 0.4) is 0 Å². The first-order valence-corrected chi connectivity index (χ1v) is 7.95. The molecule has 0 amide bonds. The van der Waals surface area contributed by atoms with E-state index in [1.807, 2.05) is 6.92 Å². The minimum atomic E-state index is -3.45. The van der Waals surface area contributed by atoms with Gasteiger partial charge in [0.1, 0.15) is 0 Å². The van der Waals surface area contributed by atoms with E-state index >= 15 is 0 Å². The first-order chi connectivity index (χ1) is 8.26. The first kappa shape index (κ1) is 15.5. The van der Waals surface area contributed by atoms with Gasteiger partial charge in [0.2, 0.25) is 10.0 Å². The molecule has 0 aliphatic heterocycles. The lowest BCUT2D eigenvalue weighted by Gasteiger charge is -2.18. The Labute approximate surface area is 113 Å². The highest BCUT2D eigenvalue weighted by atomic mass is 32.2. The Morgan fingerprint density at radius 3 is 2.28 bits per heavy atom. The Balaban J connectivity index is 3.16. The zero-order valence-corrected chi connectivity index (χ0v) is 12.6. The monoisotopic (exact) mass is 289 g/mol. The van der Waals surface area contributed by atoms with E-state index in [-0.39, 0.29) is 10.1 Å². The van der Waals surface area contributed by atoms with Crippen LogP contribution >= 0.6 is 11.8 Å². The van der Waals surface area contributed by atoms with Gasteiger partial charge < -0.3 is 5.11 Å². The van der Waals surface area contributed by atoms with Crippen molar-refractivity contribution in [3.05, 3.63) is 24.3 Å². The van der Waals surface area contributed by atoms with Gasteiger partial charge in [0.15, 0.2) is 0 Å². The standard InChI is InChI=1S/C12H19NO3S2/c1-9(14)10(2)17-11-7-5-6-8-12(11)18(15,16)13(3)4/h5-10,14H,1-4H3. The van der Waals surface area contributed by atoms with Crippen molar-refractivity contribution < 1.29 is 13.5 Å². The summed E-state index contributed by atoms with van der Waals surface area (Å²) in [7, 11) is -0.430. The van der Waals surface area contributed by atoms with Gasteiger partial charge in [-0.3, -0.25) is 0 Å². The van der Waals surface area contributed by atoms with Crippen molar-refractivity contribution >= 4 is 21.8 Å². The predicted molar refractivity (Wildman–Crippen MR) is 74.3 cm³/mol. The number of aliphatic hydroxyl groups excluding tert-OH is 1. The molecule has 0 saturated carbocycles. The zero-order valence-electron chi connectivity index (χ0n) is 11.0. The Bertz CT molecular complexity index is 498. The van der Waals surface area contributed by atoms with Crippen molar-refractivity contribution in [2.24, 2.45) is 0 Å². The average Bonchev–Trinajstić information content (AvgIpc) is 2.29. The van der Waals surface area contributed by atoms with Gasteiger partial charge in [0.05, 0.1) is 11.0 Å². The number of rotatable bonds is 5. The maximum absolute atomic E-state index is 12.2. The fourth-order valence-corrected chi connectivity index (χ4v) is 3.62. The van der Waals surface area contributed by atoms with Crippen LogP contribution in [-0.4, -0.2) is 43.3 Å². The fourth-order valence-electron chi connectivity index (χ4n) is 1.26. The molecule has 6 heteroatoms. The number of hydrogen-bond donors (Lipinski definition) is 1. The summed E-state index contributed by atoms with van der Waals surface area (Å²) in [6, 6.07) is 6.85. The molecule has 1 aromatic carbocycles. The molecule has 2 atom stereocenters. The Hall–Kier alpha value is -0.560. The smallest absolute Gasteiger partial charge is 0.243 e. The summed E-state index contributed by atoms with van der Waals surface area (Å²) in [6.45, 7) is 3.56. The number of aliphatic hydroxyl groups is 1. The van der Waals surface area contributed by atoms with Crippen LogP contribution in [0.1, 0.15) is 13.8 Å². The molecule has 0 aliphatic rings. The fraction of sp³-hybridized carbons (Fsp3) is 0.500. The summed E-state index contributed by atoms with van der Waals surface area (Å²) in [5.41, 5.74) is 0. The number of thioether (sulfide) groups is 1. The molecule has 0 saturated heterocycles.